The first-order valence-corrected chi connectivity index (χ1v) is 37.5. The molecule has 10 rings (SSSR count). The number of nitrogens with two attached hydrogens (primary N) is 2. The van der Waals surface area contributed by atoms with E-state index in [1.165, 1.54) is 35.9 Å². The van der Waals surface area contributed by atoms with Crippen LogP contribution in [-0.4, -0.2) is 131 Å². The first kappa shape index (κ1) is 101. The van der Waals surface area contributed by atoms with Crippen LogP contribution in [0.15, 0.2) is 140 Å². The number of hydrogen-bond acceptors (Lipinski definition) is 17. The van der Waals surface area contributed by atoms with Gasteiger partial charge in [-0.2, -0.15) is 21.6 Å². The Bertz CT molecular complexity index is 3900. The summed E-state index contributed by atoms with van der Waals surface area (Å²) in [5, 5.41) is 42.6. The number of hydrogen-bond donors (Lipinski definition) is 6. The molecule has 0 fully saturated rings. The number of nitro groups is 2. The molecular weight excluding hydrogens is 1610 g/mol. The zero-order valence-corrected chi connectivity index (χ0v) is 63.2. The van der Waals surface area contributed by atoms with Gasteiger partial charge in [0.15, 0.2) is 0 Å². The van der Waals surface area contributed by atoms with Crippen LogP contribution < -0.4 is 66.8 Å². The first-order chi connectivity index (χ1) is 48.7. The summed E-state index contributed by atoms with van der Waals surface area (Å²) in [6, 6.07) is 40.1. The average molecular weight is 1680 g/mol. The molecule has 0 aliphatic carbocycles. The fraction of sp³-hybridized carbons (Fsp3) is 0.323. The van der Waals surface area contributed by atoms with E-state index >= 15 is 0 Å². The van der Waals surface area contributed by atoms with Gasteiger partial charge in [0.2, 0.25) is 34.8 Å². The number of benzene rings is 6. The van der Waals surface area contributed by atoms with E-state index in [0.717, 1.165) is 44.4 Å². The summed E-state index contributed by atoms with van der Waals surface area (Å²) in [6.45, 7) is -3.01. The molecule has 4 heterocycles. The fourth-order valence-electron chi connectivity index (χ4n) is 8.29. The maximum Gasteiger partial charge on any atom is 1.00 e. The summed E-state index contributed by atoms with van der Waals surface area (Å²) in [4.78, 5) is 96.4. The van der Waals surface area contributed by atoms with Crippen LogP contribution in [0.4, 0.5) is 90.7 Å². The molecule has 0 spiro atoms. The molecule has 0 unspecified atom stereocenters. The van der Waals surface area contributed by atoms with E-state index in [4.69, 9.17) is 91.7 Å². The number of non-ortho nitro benzene ring substituents is 2. The van der Waals surface area contributed by atoms with Gasteiger partial charge >= 0.3 is 56.6 Å². The van der Waals surface area contributed by atoms with Crippen molar-refractivity contribution in [3.63, 3.8) is 0 Å². The third-order valence-electron chi connectivity index (χ3n) is 12.6. The number of para-hydroxylation sites is 3. The van der Waals surface area contributed by atoms with E-state index in [-0.39, 0.29) is 104 Å². The number of nitro benzene ring substituents is 2. The van der Waals surface area contributed by atoms with Crippen molar-refractivity contribution in [2.24, 2.45) is 0 Å². The molecule has 6 aromatic rings. The molecule has 0 aromatic heterocycles. The van der Waals surface area contributed by atoms with Crippen molar-refractivity contribution in [2.75, 3.05) is 68.7 Å². The zero-order valence-electron chi connectivity index (χ0n) is 55.7. The summed E-state index contributed by atoms with van der Waals surface area (Å²) < 4.78 is 129. The van der Waals surface area contributed by atoms with Crippen molar-refractivity contribution in [1.29, 1.82) is 0 Å². The van der Waals surface area contributed by atoms with E-state index in [1.54, 1.807) is 24.3 Å². The van der Waals surface area contributed by atoms with Gasteiger partial charge < -0.3 is 43.9 Å². The van der Waals surface area contributed by atoms with Crippen LogP contribution in [0.5, 0.6) is 0 Å². The minimum Gasteiger partial charge on any atom is -1.00 e. The molecule has 4 aliphatic heterocycles. The van der Waals surface area contributed by atoms with Gasteiger partial charge in [0.25, 0.3) is 35.7 Å². The van der Waals surface area contributed by atoms with Crippen molar-refractivity contribution in [3.8, 4) is 0 Å². The Hall–Kier alpha value is -7.51. The molecule has 5 amide bonds. The fourth-order valence-corrected chi connectivity index (χ4v) is 9.24. The number of nitrogens with one attached hydrogen (secondary N) is 3. The number of amides is 5. The SMILES string of the molecule is C.Nc1ccc2c(c1)CCC(=O)N2CC(F)F.Nc1ccccc1.O=C(CCCl)Nc1ccccc1.O=C(Cl)CCCl.O=C1CCc2cc([N+](=O)[O-])ccc2N1.O=C1CCc2cc([N+](=O)[O-])ccc2N1CC(F)F.O=C1CCc2ccccc2N1.O=S(=O)(OCC(F)F)C(F)(F)F.O=[N+]([O-])O.[Cl][Al]([Cl])[Cl].[H-].[Na+]. The minimum absolute atomic E-state index is 0. The number of halogens is 15. The van der Waals surface area contributed by atoms with Crippen LogP contribution >= 0.6 is 65.0 Å². The monoisotopic (exact) mass is 1670 g/mol. The van der Waals surface area contributed by atoms with Gasteiger partial charge in [-0.25, -0.2) is 56.5 Å². The van der Waals surface area contributed by atoms with Gasteiger partial charge in [0.1, 0.15) is 6.61 Å². The van der Waals surface area contributed by atoms with E-state index in [1.807, 2.05) is 78.9 Å². The molecule has 6 aromatic carbocycles. The Morgan fingerprint density at radius 2 is 0.991 bits per heavy atom. The molecule has 106 heavy (non-hydrogen) atoms. The smallest absolute Gasteiger partial charge is 1.00 e. The van der Waals surface area contributed by atoms with E-state index in [0.29, 0.717) is 78.6 Å². The normalized spacial score (nSPS) is 12.5. The second kappa shape index (κ2) is 53.3. The first-order valence-electron chi connectivity index (χ1n) is 29.4. The van der Waals surface area contributed by atoms with Crippen LogP contribution in [0.1, 0.15) is 69.6 Å². The average Bonchev–Trinajstić information content (AvgIpc) is 0.810. The van der Waals surface area contributed by atoms with Crippen LogP contribution in [-0.2, 0) is 68.8 Å². The Balaban J connectivity index is -0.00000115. The van der Waals surface area contributed by atoms with Crippen LogP contribution in [0.25, 0.3) is 0 Å². The molecule has 0 radical (unpaired) electrons. The Kier molecular flexibility index (Phi) is 50.6. The number of anilines is 7. The summed E-state index contributed by atoms with van der Waals surface area (Å²) in [5.74, 6) is 0.0987. The molecule has 0 saturated carbocycles. The third kappa shape index (κ3) is 42.7. The largest absolute Gasteiger partial charge is 1.00 e. The quantitative estimate of drug-likeness (QED) is 0.00679. The molecule has 0 bridgehead atoms. The van der Waals surface area contributed by atoms with Gasteiger partial charge in [-0.3, -0.25) is 53.2 Å². The molecule has 578 valence electrons. The zero-order chi connectivity index (χ0) is 78.9. The van der Waals surface area contributed by atoms with E-state index in [2.05, 4.69) is 26.2 Å². The Morgan fingerprint density at radius 3 is 1.40 bits per heavy atom. The van der Waals surface area contributed by atoms with Gasteiger partial charge in [-0.05, 0) is 120 Å². The molecule has 0 atom stereocenters. The number of fused-ring (bicyclic) bond motifs is 4. The van der Waals surface area contributed by atoms with Crippen molar-refractivity contribution in [1.82, 2.24) is 0 Å². The summed E-state index contributed by atoms with van der Waals surface area (Å²) >= 11 is 13.6. The molecule has 0 saturated heterocycles. The second-order valence-electron chi connectivity index (χ2n) is 20.2. The predicted octanol–water partition coefficient (Wildman–Crippen LogP) is 12.1. The van der Waals surface area contributed by atoms with Gasteiger partial charge in [0.05, 0.1) is 22.9 Å². The van der Waals surface area contributed by atoms with Crippen molar-refractivity contribution >= 4 is 172 Å². The molecule has 4 aliphatic rings. The maximum atomic E-state index is 12.4. The number of nitrogen functional groups attached to an aromatic ring is 2. The number of alkyl halides is 11. The van der Waals surface area contributed by atoms with Gasteiger partial charge in [0, 0.05) is 114 Å². The topological polar surface area (TPSA) is 390 Å². The third-order valence-corrected chi connectivity index (χ3v) is 14.2. The van der Waals surface area contributed by atoms with Crippen molar-refractivity contribution in [3.05, 3.63) is 192 Å². The molecule has 44 heteroatoms. The van der Waals surface area contributed by atoms with Crippen molar-refractivity contribution in [2.45, 2.75) is 96.4 Å². The molecule has 8 N–H and O–H groups in total. The summed E-state index contributed by atoms with van der Waals surface area (Å²) in [5.41, 5.74) is 13.6. The number of carbonyl (C=O) groups excluding carboxylic acids is 6. The summed E-state index contributed by atoms with van der Waals surface area (Å²) in [6.07, 6.45) is -4.04. The number of nitrogens with zero attached hydrogens (tertiary/aromatic N) is 5. The predicted molar refractivity (Wildman–Crippen MR) is 385 cm³/mol. The molecule has 26 nitrogen and oxygen atoms in total. The molecular formula is C62H69AlCl6F9N10NaO16S. The Morgan fingerprint density at radius 1 is 0.594 bits per heavy atom. The standard InChI is InChI=1S/C11H10F2N2O3.C11H12F2N2O.C9H10ClNO.C9H8N2O3.C9H9NO.C6H7N.C3H4Cl2O.C3H3F5O3S.CH4.Al.3ClH.HNO3.Na.H/c12-10(13)6-14-9-3-2-8(15(17)18)5-7(9)1-4-11(14)16;12-10(13)6-15-9-3-2-8(14)5-7(9)1-4-11(15)16;10-7-6-9(12)11-8-4-2-1-3-5-8;12-9-4-1-6-5-7(11(13)14)2-3-8(6)10-9;11-9-6-5-7-3-1-2-4-8(7)10-9;7-6-4-2-1-3-5-6;4-2-1-3(5)6;4-2(5)1-11-12(9,10)3(6,7)8;;;;;;2-1(3)4;;/h2-3,5,10H,1,4,6H2;2-3,5,10H,1,4,6,14H2;1-5H,6-7H2,(H,11,12);2-3,5H,1,4H2,(H,10,12);1-4H,5-6H2,(H,10,11);1-5H,7H2;1-2H2;2H,1H2;1H4;;3*1H;(H,2,3,4);;/q;;;;;;;;;+3;;;;;+1;-1/p-3. The maximum absolute atomic E-state index is 12.4. The van der Waals surface area contributed by atoms with Crippen LogP contribution in [0.3, 0.4) is 0 Å². The number of rotatable bonds is 14. The van der Waals surface area contributed by atoms with Crippen LogP contribution in [0, 0.1) is 30.3 Å². The van der Waals surface area contributed by atoms with E-state index in [9.17, 15) is 96.9 Å². The summed E-state index contributed by atoms with van der Waals surface area (Å²) in [7, 11) is 8.96. The minimum atomic E-state index is -5.87. The number of carbonyl (C=O) groups is 6. The number of aryl methyl sites for hydroxylation is 4. The van der Waals surface area contributed by atoms with E-state index < -0.39 is 80.9 Å². The van der Waals surface area contributed by atoms with Crippen LogP contribution in [0.2, 0.25) is 0 Å². The van der Waals surface area contributed by atoms with Crippen molar-refractivity contribution < 1.29 is 132 Å². The van der Waals surface area contributed by atoms with Gasteiger partial charge in [-0.15, -0.1) is 33.3 Å². The van der Waals surface area contributed by atoms with Gasteiger partial charge in [-0.1, -0.05) is 62.0 Å². The second-order valence-corrected chi connectivity index (χ2v) is 29.4. The Labute approximate surface area is 656 Å².